The molecule has 3 rings (SSSR count). The fourth-order valence-electron chi connectivity index (χ4n) is 3.20. The van der Waals surface area contributed by atoms with Crippen LogP contribution in [-0.4, -0.2) is 29.5 Å². The molecule has 2 aromatic rings. The molecule has 0 bridgehead atoms. The van der Waals surface area contributed by atoms with Crippen molar-refractivity contribution in [1.82, 2.24) is 5.32 Å². The molecule has 0 saturated heterocycles. The van der Waals surface area contributed by atoms with E-state index in [2.05, 4.69) is 61.6 Å². The second-order valence-corrected chi connectivity index (χ2v) is 6.73. The van der Waals surface area contributed by atoms with Gasteiger partial charge in [0.25, 0.3) is 0 Å². The third kappa shape index (κ3) is 2.87. The van der Waals surface area contributed by atoms with Crippen LogP contribution in [0.3, 0.4) is 0 Å². The molecule has 0 heterocycles. The number of allylic oxidation sites excluding steroid dienone is 1. The van der Waals surface area contributed by atoms with Crippen LogP contribution in [0.15, 0.2) is 42.1 Å². The van der Waals surface area contributed by atoms with Gasteiger partial charge in [-0.25, -0.2) is 0 Å². The second-order valence-electron chi connectivity index (χ2n) is 6.73. The molecule has 0 aliphatic heterocycles. The fourth-order valence-corrected chi connectivity index (χ4v) is 3.20. The average molecular weight is 297 g/mol. The van der Waals surface area contributed by atoms with Crippen LogP contribution in [0.4, 0.5) is 0 Å². The van der Waals surface area contributed by atoms with E-state index in [0.717, 1.165) is 12.1 Å². The number of aliphatic hydroxyl groups excluding tert-OH is 2. The molecule has 1 atom stereocenters. The number of hydrogen-bond acceptors (Lipinski definition) is 3. The van der Waals surface area contributed by atoms with Crippen molar-refractivity contribution < 1.29 is 10.2 Å². The Hall–Kier alpha value is -1.84. The van der Waals surface area contributed by atoms with Crippen LogP contribution in [-0.2, 0) is 5.41 Å². The van der Waals surface area contributed by atoms with Crippen molar-refractivity contribution in [2.75, 3.05) is 13.2 Å². The molecular formula is C19H23NO2. The maximum absolute atomic E-state index is 9.52. The summed E-state index contributed by atoms with van der Waals surface area (Å²) in [5.74, 6) is 0. The van der Waals surface area contributed by atoms with Crippen LogP contribution < -0.4 is 5.32 Å². The van der Waals surface area contributed by atoms with E-state index in [-0.39, 0.29) is 12.0 Å². The van der Waals surface area contributed by atoms with Crippen molar-refractivity contribution in [3.05, 3.63) is 53.2 Å². The first-order valence-electron chi connectivity index (χ1n) is 7.76. The predicted molar refractivity (Wildman–Crippen MR) is 90.7 cm³/mol. The van der Waals surface area contributed by atoms with Gasteiger partial charge in [-0.2, -0.15) is 0 Å². The summed E-state index contributed by atoms with van der Waals surface area (Å²) in [6.45, 7) is 4.65. The number of benzene rings is 2. The molecule has 0 fully saturated rings. The van der Waals surface area contributed by atoms with Crippen LogP contribution in [0, 0.1) is 0 Å². The third-order valence-electron chi connectivity index (χ3n) is 4.38. The zero-order valence-corrected chi connectivity index (χ0v) is 13.1. The van der Waals surface area contributed by atoms with Crippen molar-refractivity contribution in [3.63, 3.8) is 0 Å². The molecular weight excluding hydrogens is 274 g/mol. The van der Waals surface area contributed by atoms with Crippen LogP contribution in [0.1, 0.15) is 31.4 Å². The largest absolute Gasteiger partial charge is 0.394 e. The van der Waals surface area contributed by atoms with Crippen LogP contribution >= 0.6 is 0 Å². The Bertz CT molecular complexity index is 718. The molecule has 0 saturated carbocycles. The Morgan fingerprint density at radius 1 is 1.18 bits per heavy atom. The molecule has 3 N–H and O–H groups in total. The lowest BCUT2D eigenvalue weighted by molar-refractivity contribution is 0.0962. The minimum Gasteiger partial charge on any atom is -0.394 e. The Morgan fingerprint density at radius 2 is 1.86 bits per heavy atom. The number of rotatable bonds is 4. The van der Waals surface area contributed by atoms with Crippen molar-refractivity contribution in [1.29, 1.82) is 0 Å². The summed E-state index contributed by atoms with van der Waals surface area (Å²) in [6.07, 6.45) is 2.34. The summed E-state index contributed by atoms with van der Waals surface area (Å²) in [6, 6.07) is 12.9. The zero-order valence-electron chi connectivity index (χ0n) is 13.1. The predicted octanol–water partition coefficient (Wildman–Crippen LogP) is 2.80. The third-order valence-corrected chi connectivity index (χ3v) is 4.38. The highest BCUT2D eigenvalue weighted by Gasteiger charge is 2.28. The SMILES string of the molecule is CC1(C)CC(NC[C@H](O)CO)=Cc2cc3ccccc3cc21. The average Bonchev–Trinajstić information content (AvgIpc) is 2.50. The number of fused-ring (bicyclic) bond motifs is 2. The van der Waals surface area contributed by atoms with Gasteiger partial charge in [-0.05, 0) is 45.9 Å². The maximum Gasteiger partial charge on any atom is 0.0942 e. The number of hydrogen-bond donors (Lipinski definition) is 3. The lowest BCUT2D eigenvalue weighted by atomic mass is 9.74. The van der Waals surface area contributed by atoms with Crippen molar-refractivity contribution >= 4 is 16.8 Å². The fraction of sp³-hybridized carbons (Fsp3) is 0.368. The van der Waals surface area contributed by atoms with Gasteiger partial charge in [0.05, 0.1) is 12.7 Å². The molecule has 0 radical (unpaired) electrons. The highest BCUT2D eigenvalue weighted by molar-refractivity contribution is 5.87. The van der Waals surface area contributed by atoms with E-state index < -0.39 is 6.10 Å². The van der Waals surface area contributed by atoms with E-state index in [0.29, 0.717) is 6.54 Å². The lowest BCUT2D eigenvalue weighted by Gasteiger charge is -2.33. The second kappa shape index (κ2) is 5.75. The minimum atomic E-state index is -0.720. The molecule has 3 nitrogen and oxygen atoms in total. The first-order chi connectivity index (χ1) is 10.5. The molecule has 0 spiro atoms. The quantitative estimate of drug-likeness (QED) is 0.813. The van der Waals surface area contributed by atoms with Gasteiger partial charge in [-0.1, -0.05) is 44.2 Å². The van der Waals surface area contributed by atoms with Gasteiger partial charge in [-0.15, -0.1) is 0 Å². The van der Waals surface area contributed by atoms with E-state index in [1.54, 1.807) is 0 Å². The topological polar surface area (TPSA) is 52.5 Å². The highest BCUT2D eigenvalue weighted by Crippen LogP contribution is 2.39. The summed E-state index contributed by atoms with van der Waals surface area (Å²) in [4.78, 5) is 0. The van der Waals surface area contributed by atoms with Crippen LogP contribution in [0.25, 0.3) is 16.8 Å². The van der Waals surface area contributed by atoms with E-state index in [1.807, 2.05) is 0 Å². The number of nitrogens with one attached hydrogen (secondary N) is 1. The van der Waals surface area contributed by atoms with Crippen LogP contribution in [0.2, 0.25) is 0 Å². The molecule has 22 heavy (non-hydrogen) atoms. The Balaban J connectivity index is 1.99. The molecule has 3 heteroatoms. The van der Waals surface area contributed by atoms with Crippen molar-refractivity contribution in [3.8, 4) is 0 Å². The first kappa shape index (κ1) is 15.1. The zero-order chi connectivity index (χ0) is 15.7. The number of aliphatic hydroxyl groups is 2. The highest BCUT2D eigenvalue weighted by atomic mass is 16.3. The standard InChI is InChI=1S/C19H23NO2/c1-19(2)10-16(20-11-17(22)12-21)8-15-7-13-5-3-4-6-14(13)9-18(15)19/h3-9,17,20-22H,10-12H2,1-2H3/t17-/m0/s1. The Kier molecular flexibility index (Phi) is 3.94. The molecule has 2 aromatic carbocycles. The summed E-state index contributed by atoms with van der Waals surface area (Å²) in [5.41, 5.74) is 3.75. The lowest BCUT2D eigenvalue weighted by Crippen LogP contribution is -2.33. The van der Waals surface area contributed by atoms with Gasteiger partial charge in [0.2, 0.25) is 0 Å². The molecule has 116 valence electrons. The molecule has 0 unspecified atom stereocenters. The molecule has 1 aliphatic rings. The summed E-state index contributed by atoms with van der Waals surface area (Å²) < 4.78 is 0. The van der Waals surface area contributed by atoms with Crippen LogP contribution in [0.5, 0.6) is 0 Å². The smallest absolute Gasteiger partial charge is 0.0942 e. The first-order valence-corrected chi connectivity index (χ1v) is 7.76. The van der Waals surface area contributed by atoms with Gasteiger partial charge in [-0.3, -0.25) is 0 Å². The summed E-state index contributed by atoms with van der Waals surface area (Å²) >= 11 is 0. The van der Waals surface area contributed by atoms with Gasteiger partial charge in [0.1, 0.15) is 0 Å². The summed E-state index contributed by atoms with van der Waals surface area (Å²) in [7, 11) is 0. The molecule has 1 aliphatic carbocycles. The van der Waals surface area contributed by atoms with Gasteiger partial charge in [0.15, 0.2) is 0 Å². The molecule has 0 amide bonds. The minimum absolute atomic E-state index is 0.0423. The molecule has 0 aromatic heterocycles. The normalized spacial score (nSPS) is 17.7. The maximum atomic E-state index is 9.52. The van der Waals surface area contributed by atoms with Gasteiger partial charge >= 0.3 is 0 Å². The van der Waals surface area contributed by atoms with E-state index >= 15 is 0 Å². The van der Waals surface area contributed by atoms with Crippen molar-refractivity contribution in [2.24, 2.45) is 0 Å². The van der Waals surface area contributed by atoms with Gasteiger partial charge in [0, 0.05) is 12.2 Å². The monoisotopic (exact) mass is 297 g/mol. The van der Waals surface area contributed by atoms with E-state index in [1.165, 1.54) is 21.9 Å². The van der Waals surface area contributed by atoms with Crippen molar-refractivity contribution in [2.45, 2.75) is 31.8 Å². The summed E-state index contributed by atoms with van der Waals surface area (Å²) in [5, 5.41) is 24.2. The van der Waals surface area contributed by atoms with Gasteiger partial charge < -0.3 is 15.5 Å². The van der Waals surface area contributed by atoms with E-state index in [4.69, 9.17) is 5.11 Å². The Morgan fingerprint density at radius 3 is 2.55 bits per heavy atom. The Labute approximate surface area is 131 Å². The van der Waals surface area contributed by atoms with E-state index in [9.17, 15) is 5.11 Å².